The first-order valence-electron chi connectivity index (χ1n) is 4.14. The third-order valence-corrected chi connectivity index (χ3v) is 2.11. The molecule has 0 unspecified atom stereocenters. The monoisotopic (exact) mass is 226 g/mol. The summed E-state index contributed by atoms with van der Waals surface area (Å²) in [5, 5.41) is 7.13. The van der Waals surface area contributed by atoms with Crippen molar-refractivity contribution in [1.29, 1.82) is 0 Å². The summed E-state index contributed by atoms with van der Waals surface area (Å²) in [6, 6.07) is 7.43. The van der Waals surface area contributed by atoms with E-state index in [0.717, 1.165) is 5.69 Å². The lowest BCUT2D eigenvalue weighted by Crippen LogP contribution is -2.28. The molecule has 0 bridgehead atoms. The molecule has 0 fully saturated rings. The Hall–Kier alpha value is -1.06. The van der Waals surface area contributed by atoms with Crippen LogP contribution in [0.4, 0.5) is 5.69 Å². The van der Waals surface area contributed by atoms with Gasteiger partial charge in [-0.3, -0.25) is 0 Å². The summed E-state index contributed by atoms with van der Waals surface area (Å²) in [5.74, 6) is 0. The van der Waals surface area contributed by atoms with Crippen molar-refractivity contribution in [3.05, 3.63) is 41.9 Å². The van der Waals surface area contributed by atoms with E-state index in [0.29, 0.717) is 16.7 Å². The first kappa shape index (κ1) is 11.0. The van der Waals surface area contributed by atoms with Gasteiger partial charge in [0, 0.05) is 6.54 Å². The minimum absolute atomic E-state index is 0.540. The summed E-state index contributed by atoms with van der Waals surface area (Å²) >= 11 is 11.0. The highest BCUT2D eigenvalue weighted by Crippen LogP contribution is 2.19. The van der Waals surface area contributed by atoms with Gasteiger partial charge in [0.05, 0.1) is 10.7 Å². The third kappa shape index (κ3) is 3.36. The van der Waals surface area contributed by atoms with Crippen LogP contribution in [-0.2, 0) is 0 Å². The van der Waals surface area contributed by atoms with Crippen molar-refractivity contribution in [3.8, 4) is 0 Å². The van der Waals surface area contributed by atoms with Crippen LogP contribution in [-0.4, -0.2) is 11.7 Å². The molecule has 0 saturated carbocycles. The van der Waals surface area contributed by atoms with Crippen molar-refractivity contribution in [2.75, 3.05) is 11.9 Å². The number of hydrogen-bond donors (Lipinski definition) is 2. The van der Waals surface area contributed by atoms with Gasteiger partial charge in [-0.05, 0) is 24.4 Å². The highest BCUT2D eigenvalue weighted by atomic mass is 35.5. The van der Waals surface area contributed by atoms with Crippen molar-refractivity contribution in [3.63, 3.8) is 0 Å². The Kier molecular flexibility index (Phi) is 4.43. The molecule has 0 atom stereocenters. The predicted molar refractivity (Wildman–Crippen MR) is 65.9 cm³/mol. The van der Waals surface area contributed by atoms with E-state index in [2.05, 4.69) is 17.2 Å². The van der Waals surface area contributed by atoms with Gasteiger partial charge in [-0.1, -0.05) is 29.8 Å². The zero-order valence-corrected chi connectivity index (χ0v) is 9.16. The number of hydrogen-bond acceptors (Lipinski definition) is 1. The van der Waals surface area contributed by atoms with Crippen molar-refractivity contribution >= 4 is 34.6 Å². The standard InChI is InChI=1S/C10H11ClN2S/c1-2-7-12-10(14)13-9-6-4-3-5-8(9)11/h2-6H,1,7H2,(H2,12,13,14). The quantitative estimate of drug-likeness (QED) is 0.612. The molecule has 0 spiro atoms. The first-order valence-corrected chi connectivity index (χ1v) is 4.93. The van der Waals surface area contributed by atoms with Crippen LogP contribution in [0.3, 0.4) is 0 Å². The minimum Gasteiger partial charge on any atom is -0.359 e. The number of thiocarbonyl (C=S) groups is 1. The lowest BCUT2D eigenvalue weighted by atomic mass is 10.3. The number of anilines is 1. The number of rotatable bonds is 3. The maximum atomic E-state index is 5.93. The molecule has 0 saturated heterocycles. The second-order valence-electron chi connectivity index (χ2n) is 2.60. The molecule has 1 rings (SSSR count). The molecule has 4 heteroatoms. The molecule has 2 nitrogen and oxygen atoms in total. The third-order valence-electron chi connectivity index (χ3n) is 1.53. The van der Waals surface area contributed by atoms with Crippen molar-refractivity contribution in [1.82, 2.24) is 5.32 Å². The number of nitrogens with one attached hydrogen (secondary N) is 2. The molecular weight excluding hydrogens is 216 g/mol. The van der Waals surface area contributed by atoms with Crippen LogP contribution in [0.25, 0.3) is 0 Å². The number of benzene rings is 1. The van der Waals surface area contributed by atoms with E-state index in [9.17, 15) is 0 Å². The highest BCUT2D eigenvalue weighted by molar-refractivity contribution is 7.80. The topological polar surface area (TPSA) is 24.1 Å². The molecule has 0 aliphatic heterocycles. The molecule has 0 aliphatic carbocycles. The molecule has 0 aromatic heterocycles. The van der Waals surface area contributed by atoms with Crippen molar-refractivity contribution in [2.45, 2.75) is 0 Å². The smallest absolute Gasteiger partial charge is 0.171 e. The van der Waals surface area contributed by atoms with Crippen LogP contribution < -0.4 is 10.6 Å². The Morgan fingerprint density at radius 1 is 1.50 bits per heavy atom. The van der Waals surface area contributed by atoms with Crippen LogP contribution in [0.15, 0.2) is 36.9 Å². The lowest BCUT2D eigenvalue weighted by molar-refractivity contribution is 1.06. The molecule has 0 heterocycles. The summed E-state index contributed by atoms with van der Waals surface area (Å²) in [5.41, 5.74) is 0.802. The van der Waals surface area contributed by atoms with Gasteiger partial charge < -0.3 is 10.6 Å². The molecule has 1 aromatic carbocycles. The fourth-order valence-electron chi connectivity index (χ4n) is 0.894. The summed E-state index contributed by atoms with van der Waals surface area (Å²) in [6.45, 7) is 4.22. The fraction of sp³-hybridized carbons (Fsp3) is 0.100. The minimum atomic E-state index is 0.540. The largest absolute Gasteiger partial charge is 0.359 e. The first-order chi connectivity index (χ1) is 6.74. The molecule has 0 amide bonds. The van der Waals surface area contributed by atoms with Gasteiger partial charge >= 0.3 is 0 Å². The van der Waals surface area contributed by atoms with Gasteiger partial charge in [0.1, 0.15) is 0 Å². The Morgan fingerprint density at radius 2 is 2.21 bits per heavy atom. The van der Waals surface area contributed by atoms with Crippen LogP contribution >= 0.6 is 23.8 Å². The number of halogens is 1. The van der Waals surface area contributed by atoms with E-state index in [4.69, 9.17) is 23.8 Å². The van der Waals surface area contributed by atoms with E-state index in [-0.39, 0.29) is 0 Å². The van der Waals surface area contributed by atoms with E-state index >= 15 is 0 Å². The average molecular weight is 227 g/mol. The van der Waals surface area contributed by atoms with Gasteiger partial charge in [-0.2, -0.15) is 0 Å². The molecule has 14 heavy (non-hydrogen) atoms. The zero-order valence-electron chi connectivity index (χ0n) is 7.59. The van der Waals surface area contributed by atoms with E-state index in [1.54, 1.807) is 12.1 Å². The average Bonchev–Trinajstić information content (AvgIpc) is 2.18. The van der Waals surface area contributed by atoms with Gasteiger partial charge in [-0.25, -0.2) is 0 Å². The highest BCUT2D eigenvalue weighted by Gasteiger charge is 1.99. The predicted octanol–water partition coefficient (Wildman–Crippen LogP) is 2.81. The van der Waals surface area contributed by atoms with E-state index in [1.165, 1.54) is 0 Å². The summed E-state index contributed by atoms with van der Waals surface area (Å²) < 4.78 is 0. The number of para-hydroxylation sites is 1. The van der Waals surface area contributed by atoms with E-state index < -0.39 is 0 Å². The van der Waals surface area contributed by atoms with Crippen molar-refractivity contribution in [2.24, 2.45) is 0 Å². The van der Waals surface area contributed by atoms with E-state index in [1.807, 2.05) is 18.2 Å². The Bertz CT molecular complexity index is 339. The molecule has 0 radical (unpaired) electrons. The zero-order chi connectivity index (χ0) is 10.4. The molecular formula is C10H11ClN2S. The lowest BCUT2D eigenvalue weighted by Gasteiger charge is -2.09. The van der Waals surface area contributed by atoms with Gasteiger partial charge in [0.25, 0.3) is 0 Å². The molecule has 0 aliphatic rings. The Labute approximate surface area is 94.0 Å². The summed E-state index contributed by atoms with van der Waals surface area (Å²) in [6.07, 6.45) is 1.74. The van der Waals surface area contributed by atoms with Crippen LogP contribution in [0.1, 0.15) is 0 Å². The van der Waals surface area contributed by atoms with Gasteiger partial charge in [0.2, 0.25) is 0 Å². The second kappa shape index (κ2) is 5.62. The normalized spacial score (nSPS) is 9.21. The van der Waals surface area contributed by atoms with Crippen LogP contribution in [0, 0.1) is 0 Å². The second-order valence-corrected chi connectivity index (χ2v) is 3.42. The maximum Gasteiger partial charge on any atom is 0.171 e. The van der Waals surface area contributed by atoms with Crippen LogP contribution in [0.2, 0.25) is 5.02 Å². The molecule has 2 N–H and O–H groups in total. The fourth-order valence-corrected chi connectivity index (χ4v) is 1.27. The Balaban J connectivity index is 2.56. The van der Waals surface area contributed by atoms with Gasteiger partial charge in [0.15, 0.2) is 5.11 Å². The van der Waals surface area contributed by atoms with Crippen molar-refractivity contribution < 1.29 is 0 Å². The van der Waals surface area contributed by atoms with Gasteiger partial charge in [-0.15, -0.1) is 6.58 Å². The Morgan fingerprint density at radius 3 is 2.86 bits per heavy atom. The maximum absolute atomic E-state index is 5.93. The SMILES string of the molecule is C=CCNC(=S)Nc1ccccc1Cl. The summed E-state index contributed by atoms with van der Waals surface area (Å²) in [4.78, 5) is 0. The van der Waals surface area contributed by atoms with Crippen LogP contribution in [0.5, 0.6) is 0 Å². The molecule has 1 aromatic rings. The molecule has 74 valence electrons. The summed E-state index contributed by atoms with van der Waals surface area (Å²) in [7, 11) is 0.